The van der Waals surface area contributed by atoms with E-state index in [2.05, 4.69) is 33.3 Å². The van der Waals surface area contributed by atoms with Gasteiger partial charge in [0, 0.05) is 19.2 Å². The van der Waals surface area contributed by atoms with Gasteiger partial charge in [0.15, 0.2) is 0 Å². The van der Waals surface area contributed by atoms with E-state index >= 15 is 0 Å². The van der Waals surface area contributed by atoms with Crippen molar-refractivity contribution in [3.05, 3.63) is 21.0 Å². The molecule has 0 radical (unpaired) electrons. The lowest BCUT2D eigenvalue weighted by Gasteiger charge is -2.24. The lowest BCUT2D eigenvalue weighted by molar-refractivity contribution is 0.0876. The monoisotopic (exact) mass is 329 g/mol. The number of nitrogens with one attached hydrogen (secondary N) is 1. The summed E-state index contributed by atoms with van der Waals surface area (Å²) in [5, 5.41) is 7.54. The number of aryl methyl sites for hydroxylation is 1. The summed E-state index contributed by atoms with van der Waals surface area (Å²) in [5.74, 6) is 0. The molecule has 0 saturated carbocycles. The maximum atomic E-state index is 12.1. The van der Waals surface area contributed by atoms with Gasteiger partial charge in [-0.3, -0.25) is 4.79 Å². The molecule has 0 amide bonds. The van der Waals surface area contributed by atoms with E-state index in [-0.39, 0.29) is 11.6 Å². The molecular weight excluding hydrogens is 310 g/mol. The number of nitrogens with zero attached hydrogens (tertiary/aromatic N) is 2. The van der Waals surface area contributed by atoms with Crippen molar-refractivity contribution in [2.45, 2.75) is 45.2 Å². The van der Waals surface area contributed by atoms with Gasteiger partial charge in [-0.05, 0) is 35.2 Å². The van der Waals surface area contributed by atoms with Crippen molar-refractivity contribution in [3.63, 3.8) is 0 Å². The fourth-order valence-electron chi connectivity index (χ4n) is 2.11. The molecule has 1 N–H and O–H groups in total. The van der Waals surface area contributed by atoms with Crippen molar-refractivity contribution in [1.29, 1.82) is 0 Å². The molecule has 1 aliphatic heterocycles. The minimum Gasteiger partial charge on any atom is -0.379 e. The highest BCUT2D eigenvalue weighted by molar-refractivity contribution is 9.10. The van der Waals surface area contributed by atoms with Gasteiger partial charge < -0.3 is 10.1 Å². The average molecular weight is 330 g/mol. The zero-order chi connectivity index (χ0) is 13.7. The van der Waals surface area contributed by atoms with Crippen LogP contribution in [0, 0.1) is 0 Å². The van der Waals surface area contributed by atoms with Crippen molar-refractivity contribution in [2.24, 2.45) is 0 Å². The van der Waals surface area contributed by atoms with Gasteiger partial charge in [0.25, 0.3) is 5.56 Å². The maximum absolute atomic E-state index is 12.1. The molecule has 0 bridgehead atoms. The molecule has 5 nitrogen and oxygen atoms in total. The number of hydrogen-bond acceptors (Lipinski definition) is 4. The fourth-order valence-corrected chi connectivity index (χ4v) is 2.53. The Morgan fingerprint density at radius 1 is 1.63 bits per heavy atom. The van der Waals surface area contributed by atoms with Crippen LogP contribution in [0.15, 0.2) is 15.5 Å². The van der Waals surface area contributed by atoms with Crippen LogP contribution < -0.4 is 10.9 Å². The second-order valence-electron chi connectivity index (χ2n) is 4.81. The van der Waals surface area contributed by atoms with Crippen LogP contribution in [0.5, 0.6) is 0 Å². The largest absolute Gasteiger partial charge is 0.379 e. The third-order valence-corrected chi connectivity index (χ3v) is 3.99. The van der Waals surface area contributed by atoms with E-state index in [1.54, 1.807) is 6.20 Å². The molecule has 1 fully saturated rings. The van der Waals surface area contributed by atoms with Crippen LogP contribution in [0.2, 0.25) is 0 Å². The first kappa shape index (κ1) is 14.5. The summed E-state index contributed by atoms with van der Waals surface area (Å²) >= 11 is 3.37. The summed E-state index contributed by atoms with van der Waals surface area (Å²) in [4.78, 5) is 12.1. The second-order valence-corrected chi connectivity index (χ2v) is 5.61. The first-order valence-corrected chi connectivity index (χ1v) is 7.61. The number of halogens is 1. The minimum atomic E-state index is -0.0739. The number of anilines is 1. The molecule has 6 heteroatoms. The Hall–Kier alpha value is -0.880. The molecule has 0 spiro atoms. The predicted octanol–water partition coefficient (Wildman–Crippen LogP) is 2.40. The van der Waals surface area contributed by atoms with Crippen LogP contribution in [-0.2, 0) is 11.3 Å². The smallest absolute Gasteiger partial charge is 0.283 e. The molecule has 106 valence electrons. The Bertz CT molecular complexity index is 469. The van der Waals surface area contributed by atoms with E-state index in [1.165, 1.54) is 4.68 Å². The number of hydrogen-bond donors (Lipinski definition) is 1. The molecule has 19 heavy (non-hydrogen) atoms. The SMILES string of the molecule is CCCCn1ncc(NC2CCCOC2)c(Br)c1=O. The topological polar surface area (TPSA) is 56.1 Å². The van der Waals surface area contributed by atoms with Crippen molar-refractivity contribution in [1.82, 2.24) is 9.78 Å². The summed E-state index contributed by atoms with van der Waals surface area (Å²) in [6, 6.07) is 0.262. The van der Waals surface area contributed by atoms with Gasteiger partial charge in [0.2, 0.25) is 0 Å². The summed E-state index contributed by atoms with van der Waals surface area (Å²) in [7, 11) is 0. The zero-order valence-electron chi connectivity index (χ0n) is 11.2. The third kappa shape index (κ3) is 3.79. The number of ether oxygens (including phenoxy) is 1. The molecule has 0 aromatic carbocycles. The Balaban J connectivity index is 2.09. The van der Waals surface area contributed by atoms with E-state index in [0.29, 0.717) is 17.6 Å². The number of aromatic nitrogens is 2. The third-order valence-electron chi connectivity index (χ3n) is 3.23. The summed E-state index contributed by atoms with van der Waals surface area (Å²) in [6.07, 6.45) is 5.84. The van der Waals surface area contributed by atoms with E-state index in [4.69, 9.17) is 4.74 Å². The molecule has 1 aliphatic rings. The first-order valence-electron chi connectivity index (χ1n) is 6.82. The van der Waals surface area contributed by atoms with Crippen LogP contribution in [0.25, 0.3) is 0 Å². The van der Waals surface area contributed by atoms with E-state index in [9.17, 15) is 4.79 Å². The van der Waals surface area contributed by atoms with Gasteiger partial charge in [0.1, 0.15) is 4.47 Å². The maximum Gasteiger partial charge on any atom is 0.283 e. The van der Waals surface area contributed by atoms with E-state index in [1.807, 2.05) is 0 Å². The fraction of sp³-hybridized carbons (Fsp3) is 0.692. The number of rotatable bonds is 5. The lowest BCUT2D eigenvalue weighted by atomic mass is 10.1. The molecule has 1 saturated heterocycles. The van der Waals surface area contributed by atoms with Gasteiger partial charge in [-0.15, -0.1) is 0 Å². The van der Waals surface area contributed by atoms with Gasteiger partial charge in [0.05, 0.1) is 18.5 Å². The molecule has 1 aromatic heterocycles. The highest BCUT2D eigenvalue weighted by Gasteiger charge is 2.16. The van der Waals surface area contributed by atoms with Crippen LogP contribution in [0.4, 0.5) is 5.69 Å². The molecule has 2 rings (SSSR count). The van der Waals surface area contributed by atoms with Crippen molar-refractivity contribution >= 4 is 21.6 Å². The molecule has 2 heterocycles. The van der Waals surface area contributed by atoms with Crippen LogP contribution in [-0.4, -0.2) is 29.0 Å². The molecule has 1 atom stereocenters. The van der Waals surface area contributed by atoms with Crippen LogP contribution in [0.3, 0.4) is 0 Å². The van der Waals surface area contributed by atoms with Gasteiger partial charge in [-0.1, -0.05) is 13.3 Å². The molecule has 1 aromatic rings. The Kier molecular flexibility index (Phi) is 5.39. The second kappa shape index (κ2) is 7.05. The lowest BCUT2D eigenvalue weighted by Crippen LogP contribution is -2.32. The summed E-state index contributed by atoms with van der Waals surface area (Å²) < 4.78 is 7.49. The molecular formula is C13H20BrN3O2. The van der Waals surface area contributed by atoms with Crippen molar-refractivity contribution in [3.8, 4) is 0 Å². The molecule has 0 aliphatic carbocycles. The van der Waals surface area contributed by atoms with E-state index in [0.717, 1.165) is 38.0 Å². The summed E-state index contributed by atoms with van der Waals surface area (Å²) in [5.41, 5.74) is 0.684. The van der Waals surface area contributed by atoms with Gasteiger partial charge in [-0.2, -0.15) is 5.10 Å². The van der Waals surface area contributed by atoms with Crippen molar-refractivity contribution < 1.29 is 4.74 Å². The standard InChI is InChI=1S/C13H20BrN3O2/c1-2-3-6-17-13(18)12(14)11(8-15-17)16-10-5-4-7-19-9-10/h8,10,16H,2-7,9H2,1H3. The quantitative estimate of drug-likeness (QED) is 0.901. The average Bonchev–Trinajstić information content (AvgIpc) is 2.44. The van der Waals surface area contributed by atoms with E-state index < -0.39 is 0 Å². The Morgan fingerprint density at radius 2 is 2.47 bits per heavy atom. The van der Waals surface area contributed by atoms with Gasteiger partial charge in [-0.25, -0.2) is 4.68 Å². The minimum absolute atomic E-state index is 0.0739. The van der Waals surface area contributed by atoms with Gasteiger partial charge >= 0.3 is 0 Å². The Labute approximate surface area is 121 Å². The Morgan fingerprint density at radius 3 is 3.16 bits per heavy atom. The first-order chi connectivity index (χ1) is 9.22. The summed E-state index contributed by atoms with van der Waals surface area (Å²) in [6.45, 7) is 4.28. The van der Waals surface area contributed by atoms with Crippen LogP contribution >= 0.6 is 15.9 Å². The predicted molar refractivity (Wildman–Crippen MR) is 78.6 cm³/mol. The van der Waals surface area contributed by atoms with Crippen molar-refractivity contribution in [2.75, 3.05) is 18.5 Å². The number of unbranched alkanes of at least 4 members (excludes halogenated alkanes) is 1. The highest BCUT2D eigenvalue weighted by Crippen LogP contribution is 2.19. The zero-order valence-corrected chi connectivity index (χ0v) is 12.8. The van der Waals surface area contributed by atoms with Crippen LogP contribution in [0.1, 0.15) is 32.6 Å². The highest BCUT2D eigenvalue weighted by atomic mass is 79.9. The normalized spacial score (nSPS) is 19.4. The molecule has 1 unspecified atom stereocenters.